The molecule has 118 valence electrons. The van der Waals surface area contributed by atoms with Crippen molar-refractivity contribution in [3.63, 3.8) is 0 Å². The van der Waals surface area contributed by atoms with Gasteiger partial charge in [-0.2, -0.15) is 0 Å². The van der Waals surface area contributed by atoms with Gasteiger partial charge in [0.15, 0.2) is 0 Å². The van der Waals surface area contributed by atoms with E-state index in [1.165, 1.54) is 4.90 Å². The normalized spacial score (nSPS) is 21.6. The fourth-order valence-electron chi connectivity index (χ4n) is 3.20. The Morgan fingerprint density at radius 3 is 2.77 bits per heavy atom. The second-order valence-electron chi connectivity index (χ2n) is 5.69. The van der Waals surface area contributed by atoms with Crippen molar-refractivity contribution in [3.05, 3.63) is 17.0 Å². The average molecular weight is 306 g/mol. The summed E-state index contributed by atoms with van der Waals surface area (Å²) >= 11 is 0. The second kappa shape index (κ2) is 5.43. The Morgan fingerprint density at radius 1 is 1.41 bits per heavy atom. The van der Waals surface area contributed by atoms with Crippen molar-refractivity contribution >= 4 is 17.8 Å². The van der Waals surface area contributed by atoms with Gasteiger partial charge in [-0.15, -0.1) is 0 Å². The summed E-state index contributed by atoms with van der Waals surface area (Å²) in [5.74, 6) is 0.185. The Labute approximate surface area is 127 Å². The van der Waals surface area contributed by atoms with Crippen molar-refractivity contribution in [3.8, 4) is 0 Å². The van der Waals surface area contributed by atoms with Crippen LogP contribution in [-0.2, 0) is 9.59 Å². The summed E-state index contributed by atoms with van der Waals surface area (Å²) in [7, 11) is 0. The summed E-state index contributed by atoms with van der Waals surface area (Å²) in [6, 6.07) is -0.577. The number of nitrogens with zero attached hydrogens (tertiary/aromatic N) is 3. The third-order valence-electron chi connectivity index (χ3n) is 4.19. The number of urea groups is 1. The summed E-state index contributed by atoms with van der Waals surface area (Å²) in [5.41, 5.74) is 1.74. The Balaban J connectivity index is 1.74. The lowest BCUT2D eigenvalue weighted by Crippen LogP contribution is -2.41. The minimum atomic E-state index is -0.508. The van der Waals surface area contributed by atoms with E-state index in [2.05, 4.69) is 10.5 Å². The van der Waals surface area contributed by atoms with Gasteiger partial charge in [-0.1, -0.05) is 5.16 Å². The molecule has 0 radical (unpaired) electrons. The van der Waals surface area contributed by atoms with Crippen molar-refractivity contribution < 1.29 is 18.9 Å². The molecule has 8 nitrogen and oxygen atoms in total. The fourth-order valence-corrected chi connectivity index (χ4v) is 3.20. The van der Waals surface area contributed by atoms with Crippen LogP contribution in [-0.4, -0.2) is 52.4 Å². The van der Waals surface area contributed by atoms with Crippen molar-refractivity contribution in [1.29, 1.82) is 0 Å². The molecule has 3 heterocycles. The maximum Gasteiger partial charge on any atom is 0.325 e. The lowest BCUT2D eigenvalue weighted by Gasteiger charge is -2.26. The van der Waals surface area contributed by atoms with Crippen molar-refractivity contribution in [2.45, 2.75) is 32.7 Å². The van der Waals surface area contributed by atoms with Gasteiger partial charge in [-0.05, 0) is 26.7 Å². The molecule has 0 aromatic carbocycles. The van der Waals surface area contributed by atoms with Gasteiger partial charge in [0.2, 0.25) is 11.8 Å². The van der Waals surface area contributed by atoms with Crippen LogP contribution in [0.3, 0.4) is 0 Å². The monoisotopic (exact) mass is 306 g/mol. The lowest BCUT2D eigenvalue weighted by molar-refractivity contribution is -0.132. The van der Waals surface area contributed by atoms with Crippen LogP contribution >= 0.6 is 0 Å². The Hall–Kier alpha value is -2.38. The number of nitrogens with one attached hydrogen (secondary N) is 1. The smallest absolute Gasteiger partial charge is 0.325 e. The summed E-state index contributed by atoms with van der Waals surface area (Å²) in [6.45, 7) is 4.19. The van der Waals surface area contributed by atoms with Gasteiger partial charge in [-0.3, -0.25) is 14.9 Å². The van der Waals surface area contributed by atoms with Gasteiger partial charge < -0.3 is 14.3 Å². The first-order valence-electron chi connectivity index (χ1n) is 7.28. The van der Waals surface area contributed by atoms with E-state index in [1.807, 2.05) is 13.8 Å². The van der Waals surface area contributed by atoms with E-state index < -0.39 is 6.03 Å². The molecule has 0 unspecified atom stereocenters. The molecule has 1 aromatic heterocycles. The third kappa shape index (κ3) is 2.44. The predicted molar refractivity (Wildman–Crippen MR) is 74.8 cm³/mol. The van der Waals surface area contributed by atoms with Gasteiger partial charge in [0.25, 0.3) is 0 Å². The maximum atomic E-state index is 12.5. The SMILES string of the molecule is Cc1noc(C)c1[C@H]1CCCN1C(=O)CN1CC(=O)NC1=O. The van der Waals surface area contributed by atoms with Crippen LogP contribution in [0.25, 0.3) is 0 Å². The van der Waals surface area contributed by atoms with E-state index in [4.69, 9.17) is 4.52 Å². The molecule has 0 saturated carbocycles. The highest BCUT2D eigenvalue weighted by atomic mass is 16.5. The Kier molecular flexibility index (Phi) is 3.59. The highest BCUT2D eigenvalue weighted by molar-refractivity contribution is 6.03. The highest BCUT2D eigenvalue weighted by Gasteiger charge is 2.36. The first kappa shape index (κ1) is 14.6. The molecule has 0 bridgehead atoms. The van der Waals surface area contributed by atoms with Crippen LogP contribution in [0.15, 0.2) is 4.52 Å². The molecule has 1 N–H and O–H groups in total. The van der Waals surface area contributed by atoms with E-state index in [0.717, 1.165) is 29.9 Å². The number of carbonyl (C=O) groups is 3. The van der Waals surface area contributed by atoms with Gasteiger partial charge in [0.1, 0.15) is 18.8 Å². The standard InChI is InChI=1S/C14H18N4O4/c1-8-13(9(2)22-16-8)10-4-3-5-18(10)12(20)7-17-6-11(19)15-14(17)21/h10H,3-7H2,1-2H3,(H,15,19,21)/t10-/m1/s1. The molecular weight excluding hydrogens is 288 g/mol. The van der Waals surface area contributed by atoms with Crippen LogP contribution in [0.5, 0.6) is 0 Å². The molecule has 4 amide bonds. The van der Waals surface area contributed by atoms with Gasteiger partial charge in [0, 0.05) is 12.1 Å². The second-order valence-corrected chi connectivity index (χ2v) is 5.69. The number of hydrogen-bond acceptors (Lipinski definition) is 5. The van der Waals surface area contributed by atoms with Crippen LogP contribution in [0.4, 0.5) is 4.79 Å². The zero-order valence-corrected chi connectivity index (χ0v) is 12.6. The summed E-state index contributed by atoms with van der Waals surface area (Å²) in [5, 5.41) is 6.12. The van der Waals surface area contributed by atoms with Gasteiger partial charge in [-0.25, -0.2) is 4.79 Å². The van der Waals surface area contributed by atoms with Crippen LogP contribution in [0.1, 0.15) is 35.9 Å². The van der Waals surface area contributed by atoms with Gasteiger partial charge >= 0.3 is 6.03 Å². The molecule has 2 fully saturated rings. The molecule has 3 rings (SSSR count). The van der Waals surface area contributed by atoms with E-state index in [9.17, 15) is 14.4 Å². The summed E-state index contributed by atoms with van der Waals surface area (Å²) in [6.07, 6.45) is 1.74. The number of aromatic nitrogens is 1. The molecule has 8 heteroatoms. The minimum absolute atomic E-state index is 0.0611. The predicted octanol–water partition coefficient (Wildman–Crippen LogP) is 0.507. The molecule has 2 aliphatic rings. The zero-order chi connectivity index (χ0) is 15.9. The number of rotatable bonds is 3. The van der Waals surface area contributed by atoms with Gasteiger partial charge in [0.05, 0.1) is 11.7 Å². The number of amides is 4. The molecular formula is C14H18N4O4. The quantitative estimate of drug-likeness (QED) is 0.821. The molecule has 2 aliphatic heterocycles. The van der Waals surface area contributed by atoms with Crippen LogP contribution in [0.2, 0.25) is 0 Å². The first-order valence-corrected chi connectivity index (χ1v) is 7.28. The van der Waals surface area contributed by atoms with Crippen molar-refractivity contribution in [2.24, 2.45) is 0 Å². The largest absolute Gasteiger partial charge is 0.361 e. The number of carbonyl (C=O) groups excluding carboxylic acids is 3. The average Bonchev–Trinajstić information content (AvgIpc) is 3.11. The first-order chi connectivity index (χ1) is 10.5. The lowest BCUT2D eigenvalue weighted by atomic mass is 10.0. The third-order valence-corrected chi connectivity index (χ3v) is 4.19. The van der Waals surface area contributed by atoms with Crippen molar-refractivity contribution in [1.82, 2.24) is 20.3 Å². The van der Waals surface area contributed by atoms with E-state index in [0.29, 0.717) is 6.54 Å². The number of imide groups is 1. The zero-order valence-electron chi connectivity index (χ0n) is 12.6. The van der Waals surface area contributed by atoms with Crippen LogP contribution in [0, 0.1) is 13.8 Å². The topological polar surface area (TPSA) is 95.8 Å². The highest BCUT2D eigenvalue weighted by Crippen LogP contribution is 2.35. The number of hydrogen-bond donors (Lipinski definition) is 1. The molecule has 0 spiro atoms. The van der Waals surface area contributed by atoms with Crippen LogP contribution < -0.4 is 5.32 Å². The number of likely N-dealkylation sites (tertiary alicyclic amines) is 1. The molecule has 0 aliphatic carbocycles. The molecule has 1 atom stereocenters. The Bertz CT molecular complexity index is 619. The van der Waals surface area contributed by atoms with E-state index in [-0.39, 0.29) is 30.9 Å². The molecule has 22 heavy (non-hydrogen) atoms. The summed E-state index contributed by atoms with van der Waals surface area (Å²) < 4.78 is 5.19. The minimum Gasteiger partial charge on any atom is -0.361 e. The maximum absolute atomic E-state index is 12.5. The summed E-state index contributed by atoms with van der Waals surface area (Å²) in [4.78, 5) is 38.2. The molecule has 1 aromatic rings. The number of aryl methyl sites for hydroxylation is 2. The molecule has 2 saturated heterocycles. The van der Waals surface area contributed by atoms with E-state index >= 15 is 0 Å². The Morgan fingerprint density at radius 2 is 2.18 bits per heavy atom. The van der Waals surface area contributed by atoms with E-state index in [1.54, 1.807) is 4.90 Å². The van der Waals surface area contributed by atoms with Crippen molar-refractivity contribution in [2.75, 3.05) is 19.6 Å². The fraction of sp³-hybridized carbons (Fsp3) is 0.571.